The van der Waals surface area contributed by atoms with E-state index in [1.54, 1.807) is 43.3 Å². The Balaban J connectivity index is 1.87. The van der Waals surface area contributed by atoms with Crippen LogP contribution in [-0.4, -0.2) is 16.8 Å². The van der Waals surface area contributed by atoms with Crippen LogP contribution in [0.3, 0.4) is 0 Å². The van der Waals surface area contributed by atoms with Gasteiger partial charge in [0, 0.05) is 5.02 Å². The van der Waals surface area contributed by atoms with Gasteiger partial charge in [0.2, 0.25) is 0 Å². The van der Waals surface area contributed by atoms with Gasteiger partial charge in [0.1, 0.15) is 11.4 Å². The topological polar surface area (TPSA) is 49.4 Å². The van der Waals surface area contributed by atoms with Gasteiger partial charge in [0.05, 0.1) is 6.54 Å². The Kier molecular flexibility index (Phi) is 3.82. The molecule has 3 rings (SSSR count). The minimum absolute atomic E-state index is 0.0914. The van der Waals surface area contributed by atoms with Crippen LogP contribution in [0.5, 0.6) is 0 Å². The fraction of sp³-hybridized carbons (Fsp3) is 0.176. The molecule has 118 valence electrons. The number of hydrogen-bond donors (Lipinski definition) is 1. The van der Waals surface area contributed by atoms with Crippen molar-refractivity contribution in [1.82, 2.24) is 10.2 Å². The fourth-order valence-corrected chi connectivity index (χ4v) is 2.72. The number of amides is 3. The molecule has 1 aliphatic rings. The number of urea groups is 1. The summed E-state index contributed by atoms with van der Waals surface area (Å²) in [5.74, 6) is -0.717. The summed E-state index contributed by atoms with van der Waals surface area (Å²) in [6, 6.07) is 12.0. The minimum Gasteiger partial charge on any atom is -0.319 e. The first kappa shape index (κ1) is 15.5. The molecular weight excluding hydrogens is 319 g/mol. The predicted molar refractivity (Wildman–Crippen MR) is 84.3 cm³/mol. The van der Waals surface area contributed by atoms with Crippen molar-refractivity contribution in [3.63, 3.8) is 0 Å². The van der Waals surface area contributed by atoms with Crippen LogP contribution in [0, 0.1) is 5.82 Å². The molecule has 0 unspecified atom stereocenters. The number of carbonyl (C=O) groups is 2. The van der Waals surface area contributed by atoms with Crippen LogP contribution in [-0.2, 0) is 16.9 Å². The highest BCUT2D eigenvalue weighted by Gasteiger charge is 2.48. The lowest BCUT2D eigenvalue weighted by Crippen LogP contribution is -2.40. The Labute approximate surface area is 137 Å². The largest absolute Gasteiger partial charge is 0.325 e. The standard InChI is InChI=1S/C17H14ClFN2O2/c1-17(12-4-6-13(18)7-5-12)15(22)21(16(23)20-17)10-11-2-8-14(19)9-3-11/h2-9H,10H2,1H3,(H,20,23)/t17-/m0/s1. The molecule has 2 aromatic rings. The summed E-state index contributed by atoms with van der Waals surface area (Å²) in [6.45, 7) is 1.75. The van der Waals surface area contributed by atoms with Crippen molar-refractivity contribution in [3.05, 3.63) is 70.5 Å². The van der Waals surface area contributed by atoms with Gasteiger partial charge in [-0.15, -0.1) is 0 Å². The number of imide groups is 1. The van der Waals surface area contributed by atoms with Crippen molar-refractivity contribution >= 4 is 23.5 Å². The molecular formula is C17H14ClFN2O2. The van der Waals surface area contributed by atoms with E-state index in [1.165, 1.54) is 12.1 Å². The van der Waals surface area contributed by atoms with E-state index in [0.717, 1.165) is 4.90 Å². The first-order valence-electron chi connectivity index (χ1n) is 7.05. The zero-order chi connectivity index (χ0) is 16.6. The van der Waals surface area contributed by atoms with Crippen LogP contribution in [0.15, 0.2) is 48.5 Å². The van der Waals surface area contributed by atoms with Crippen LogP contribution < -0.4 is 5.32 Å². The third kappa shape index (κ3) is 2.80. The lowest BCUT2D eigenvalue weighted by molar-refractivity contribution is -0.131. The normalized spacial score (nSPS) is 20.7. The molecule has 1 heterocycles. The highest BCUT2D eigenvalue weighted by Crippen LogP contribution is 2.30. The highest BCUT2D eigenvalue weighted by atomic mass is 35.5. The summed E-state index contributed by atoms with van der Waals surface area (Å²) in [7, 11) is 0. The molecule has 4 nitrogen and oxygen atoms in total. The van der Waals surface area contributed by atoms with E-state index in [9.17, 15) is 14.0 Å². The van der Waals surface area contributed by atoms with Crippen molar-refractivity contribution in [2.75, 3.05) is 0 Å². The summed E-state index contributed by atoms with van der Waals surface area (Å²) in [5.41, 5.74) is 0.193. The molecule has 1 saturated heterocycles. The van der Waals surface area contributed by atoms with Crippen LogP contribution in [0.25, 0.3) is 0 Å². The molecule has 23 heavy (non-hydrogen) atoms. The molecule has 3 amide bonds. The van der Waals surface area contributed by atoms with E-state index in [1.807, 2.05) is 0 Å². The second kappa shape index (κ2) is 5.66. The van der Waals surface area contributed by atoms with E-state index in [-0.39, 0.29) is 18.3 Å². The summed E-state index contributed by atoms with van der Waals surface area (Å²) >= 11 is 5.86. The molecule has 1 aliphatic heterocycles. The minimum atomic E-state index is -1.14. The second-order valence-corrected chi connectivity index (χ2v) is 6.02. The van der Waals surface area contributed by atoms with Crippen LogP contribution in [0.1, 0.15) is 18.1 Å². The second-order valence-electron chi connectivity index (χ2n) is 5.58. The highest BCUT2D eigenvalue weighted by molar-refractivity contribution is 6.30. The molecule has 0 spiro atoms. The van der Waals surface area contributed by atoms with Crippen molar-refractivity contribution in [3.8, 4) is 0 Å². The Hall–Kier alpha value is -2.40. The quantitative estimate of drug-likeness (QED) is 0.875. The number of halogens is 2. The average Bonchev–Trinajstić information content (AvgIpc) is 2.74. The Morgan fingerprint density at radius 3 is 2.30 bits per heavy atom. The zero-order valence-electron chi connectivity index (χ0n) is 12.3. The predicted octanol–water partition coefficient (Wildman–Crippen LogP) is 3.45. The Morgan fingerprint density at radius 2 is 1.70 bits per heavy atom. The summed E-state index contributed by atoms with van der Waals surface area (Å²) < 4.78 is 13.0. The van der Waals surface area contributed by atoms with Crippen molar-refractivity contribution in [1.29, 1.82) is 0 Å². The SMILES string of the molecule is C[C@@]1(c2ccc(Cl)cc2)NC(=O)N(Cc2ccc(F)cc2)C1=O. The molecule has 0 aliphatic carbocycles. The van der Waals surface area contributed by atoms with Gasteiger partial charge in [-0.25, -0.2) is 9.18 Å². The molecule has 0 aromatic heterocycles. The zero-order valence-corrected chi connectivity index (χ0v) is 13.1. The van der Waals surface area contributed by atoms with Crippen LogP contribution in [0.2, 0.25) is 5.02 Å². The molecule has 1 atom stereocenters. The molecule has 0 saturated carbocycles. The number of benzene rings is 2. The first-order valence-corrected chi connectivity index (χ1v) is 7.42. The molecule has 0 radical (unpaired) electrons. The summed E-state index contributed by atoms with van der Waals surface area (Å²) in [6.07, 6.45) is 0. The fourth-order valence-electron chi connectivity index (χ4n) is 2.59. The number of nitrogens with one attached hydrogen (secondary N) is 1. The molecule has 1 N–H and O–H groups in total. The van der Waals surface area contributed by atoms with Crippen LogP contribution in [0.4, 0.5) is 9.18 Å². The van der Waals surface area contributed by atoms with E-state index in [0.29, 0.717) is 16.1 Å². The van der Waals surface area contributed by atoms with E-state index >= 15 is 0 Å². The number of hydrogen-bond acceptors (Lipinski definition) is 2. The number of rotatable bonds is 3. The maximum absolute atomic E-state index is 13.0. The first-order chi connectivity index (χ1) is 10.9. The molecule has 6 heteroatoms. The molecule has 1 fully saturated rings. The third-order valence-electron chi connectivity index (χ3n) is 3.95. The van der Waals surface area contributed by atoms with E-state index < -0.39 is 11.6 Å². The van der Waals surface area contributed by atoms with Crippen molar-refractivity contribution in [2.24, 2.45) is 0 Å². The van der Waals surface area contributed by atoms with Gasteiger partial charge in [0.25, 0.3) is 5.91 Å². The van der Waals surface area contributed by atoms with E-state index in [2.05, 4.69) is 5.32 Å². The lowest BCUT2D eigenvalue weighted by atomic mass is 9.92. The van der Waals surface area contributed by atoms with Gasteiger partial charge in [-0.3, -0.25) is 9.69 Å². The third-order valence-corrected chi connectivity index (χ3v) is 4.20. The maximum atomic E-state index is 13.0. The van der Waals surface area contributed by atoms with E-state index in [4.69, 9.17) is 11.6 Å². The Morgan fingerprint density at radius 1 is 1.09 bits per heavy atom. The molecule has 0 bridgehead atoms. The van der Waals surface area contributed by atoms with Crippen molar-refractivity contribution < 1.29 is 14.0 Å². The number of nitrogens with zero attached hydrogens (tertiary/aromatic N) is 1. The van der Waals surface area contributed by atoms with Gasteiger partial charge in [-0.05, 0) is 42.3 Å². The monoisotopic (exact) mass is 332 g/mol. The Bertz CT molecular complexity index is 761. The van der Waals surface area contributed by atoms with Gasteiger partial charge in [-0.1, -0.05) is 35.9 Å². The van der Waals surface area contributed by atoms with Gasteiger partial charge < -0.3 is 5.32 Å². The summed E-state index contributed by atoms with van der Waals surface area (Å²) in [4.78, 5) is 26.1. The van der Waals surface area contributed by atoms with Crippen molar-refractivity contribution in [2.45, 2.75) is 19.0 Å². The smallest absolute Gasteiger partial charge is 0.319 e. The lowest BCUT2D eigenvalue weighted by Gasteiger charge is -2.22. The van der Waals surface area contributed by atoms with Crippen LogP contribution >= 0.6 is 11.6 Å². The number of carbonyl (C=O) groups excluding carboxylic acids is 2. The summed E-state index contributed by atoms with van der Waals surface area (Å²) in [5, 5.41) is 3.27. The average molecular weight is 333 g/mol. The van der Waals surface area contributed by atoms with Gasteiger partial charge in [-0.2, -0.15) is 0 Å². The molecule has 2 aromatic carbocycles. The van der Waals surface area contributed by atoms with Gasteiger partial charge >= 0.3 is 6.03 Å². The van der Waals surface area contributed by atoms with Gasteiger partial charge in [0.15, 0.2) is 0 Å². The maximum Gasteiger partial charge on any atom is 0.325 e.